The maximum atomic E-state index is 11.5. The number of likely N-dealkylation sites (N-methyl/N-ethyl adjacent to an activating group) is 1. The minimum Gasteiger partial charge on any atom is -0.371 e. The Balaban J connectivity index is 4.01. The van der Waals surface area contributed by atoms with E-state index in [0.29, 0.717) is 12.5 Å². The zero-order valence-electron chi connectivity index (χ0n) is 10.1. The van der Waals surface area contributed by atoms with Crippen molar-refractivity contribution in [3.8, 4) is 0 Å². The van der Waals surface area contributed by atoms with Crippen LogP contribution in [0.1, 0.15) is 34.1 Å². The topological polar surface area (TPSA) is 20.3 Å². The van der Waals surface area contributed by atoms with E-state index >= 15 is 0 Å². The highest BCUT2D eigenvalue weighted by Crippen LogP contribution is 2.12. The number of ketones is 1. The summed E-state index contributed by atoms with van der Waals surface area (Å²) >= 11 is 0. The third-order valence-corrected chi connectivity index (χ3v) is 2.22. The van der Waals surface area contributed by atoms with Gasteiger partial charge in [0.1, 0.15) is 0 Å². The summed E-state index contributed by atoms with van der Waals surface area (Å²) in [7, 11) is 1.94. The fourth-order valence-electron chi connectivity index (χ4n) is 1.16. The van der Waals surface area contributed by atoms with Gasteiger partial charge in [-0.3, -0.25) is 4.79 Å². The van der Waals surface area contributed by atoms with Crippen LogP contribution in [-0.2, 0) is 4.79 Å². The van der Waals surface area contributed by atoms with Crippen molar-refractivity contribution in [3.63, 3.8) is 0 Å². The number of nitrogens with zero attached hydrogens (tertiary/aromatic N) is 1. The average molecular weight is 197 g/mol. The number of rotatable bonds is 6. The summed E-state index contributed by atoms with van der Waals surface area (Å²) in [5, 5.41) is 0. The van der Waals surface area contributed by atoms with E-state index in [9.17, 15) is 4.79 Å². The van der Waals surface area contributed by atoms with Gasteiger partial charge in [0.05, 0.1) is 6.54 Å². The van der Waals surface area contributed by atoms with Gasteiger partial charge in [-0.1, -0.05) is 34.3 Å². The van der Waals surface area contributed by atoms with Gasteiger partial charge in [0, 0.05) is 18.7 Å². The van der Waals surface area contributed by atoms with Crippen molar-refractivity contribution in [1.82, 2.24) is 4.90 Å². The number of carbonyl (C=O) groups is 1. The maximum Gasteiger partial charge on any atom is 0.154 e. The summed E-state index contributed by atoms with van der Waals surface area (Å²) < 4.78 is 0. The Morgan fingerprint density at radius 2 is 1.79 bits per heavy atom. The minimum atomic E-state index is 0.115. The number of Topliss-reactive ketones (excluding diaryl/α,β-unsaturated/α-hetero) is 1. The fourth-order valence-corrected chi connectivity index (χ4v) is 1.16. The Labute approximate surface area is 88.0 Å². The van der Waals surface area contributed by atoms with Crippen molar-refractivity contribution in [2.75, 3.05) is 13.6 Å². The lowest BCUT2D eigenvalue weighted by atomic mass is 10.1. The molecule has 2 nitrogen and oxygen atoms in total. The second-order valence-corrected chi connectivity index (χ2v) is 4.64. The lowest BCUT2D eigenvalue weighted by Crippen LogP contribution is -2.28. The van der Waals surface area contributed by atoms with Gasteiger partial charge in [-0.2, -0.15) is 0 Å². The Bertz CT molecular complexity index is 206. The predicted octanol–water partition coefficient (Wildman–Crippen LogP) is 2.70. The smallest absolute Gasteiger partial charge is 0.154 e. The van der Waals surface area contributed by atoms with Crippen molar-refractivity contribution in [2.24, 2.45) is 11.8 Å². The first-order valence-electron chi connectivity index (χ1n) is 5.26. The van der Waals surface area contributed by atoms with E-state index in [1.165, 1.54) is 0 Å². The highest BCUT2D eigenvalue weighted by molar-refractivity contribution is 5.82. The molecule has 0 unspecified atom stereocenters. The van der Waals surface area contributed by atoms with E-state index in [1.807, 2.05) is 25.8 Å². The molecule has 0 aliphatic carbocycles. The van der Waals surface area contributed by atoms with Gasteiger partial charge in [-0.25, -0.2) is 0 Å². The van der Waals surface area contributed by atoms with E-state index in [2.05, 4.69) is 20.4 Å². The molecule has 0 rings (SSSR count). The zero-order chi connectivity index (χ0) is 11.3. The van der Waals surface area contributed by atoms with Gasteiger partial charge in [-0.15, -0.1) is 0 Å². The summed E-state index contributed by atoms with van der Waals surface area (Å²) in [6, 6.07) is 0. The molecule has 0 aromatic carbocycles. The Morgan fingerprint density at radius 3 is 2.14 bits per heavy atom. The van der Waals surface area contributed by atoms with Crippen molar-refractivity contribution in [3.05, 3.63) is 12.3 Å². The molecule has 14 heavy (non-hydrogen) atoms. The molecule has 0 saturated heterocycles. The van der Waals surface area contributed by atoms with E-state index < -0.39 is 0 Å². The monoisotopic (exact) mass is 197 g/mol. The van der Waals surface area contributed by atoms with Gasteiger partial charge < -0.3 is 4.90 Å². The van der Waals surface area contributed by atoms with E-state index in [-0.39, 0.29) is 11.7 Å². The summed E-state index contributed by atoms with van der Waals surface area (Å²) in [5.41, 5.74) is 1.05. The molecular formula is C12H23NO. The van der Waals surface area contributed by atoms with Gasteiger partial charge >= 0.3 is 0 Å². The lowest BCUT2D eigenvalue weighted by molar-refractivity contribution is -0.122. The molecule has 0 N–H and O–H groups in total. The molecule has 0 saturated carbocycles. The lowest BCUT2D eigenvalue weighted by Gasteiger charge is -2.23. The van der Waals surface area contributed by atoms with Crippen LogP contribution in [0, 0.1) is 11.8 Å². The second kappa shape index (κ2) is 5.84. The van der Waals surface area contributed by atoms with Crippen LogP contribution in [0.5, 0.6) is 0 Å². The number of hydrogen-bond donors (Lipinski definition) is 0. The van der Waals surface area contributed by atoms with E-state index in [1.54, 1.807) is 0 Å². The molecule has 0 aliphatic heterocycles. The SMILES string of the molecule is C=C(CC(C)C)N(C)CC(=O)C(C)C. The first kappa shape index (κ1) is 13.2. The molecule has 0 spiro atoms. The molecule has 0 fully saturated rings. The van der Waals surface area contributed by atoms with Crippen LogP contribution in [0.3, 0.4) is 0 Å². The molecule has 0 aliphatic rings. The van der Waals surface area contributed by atoms with Crippen LogP contribution in [-0.4, -0.2) is 24.3 Å². The molecule has 0 aromatic rings. The van der Waals surface area contributed by atoms with Crippen LogP contribution in [0.15, 0.2) is 12.3 Å². The zero-order valence-corrected chi connectivity index (χ0v) is 10.1. The average Bonchev–Trinajstić information content (AvgIpc) is 2.02. The fraction of sp³-hybridized carbons (Fsp3) is 0.750. The van der Waals surface area contributed by atoms with E-state index in [4.69, 9.17) is 0 Å². The number of hydrogen-bond acceptors (Lipinski definition) is 2. The maximum absolute atomic E-state index is 11.5. The van der Waals surface area contributed by atoms with E-state index in [0.717, 1.165) is 12.1 Å². The Morgan fingerprint density at radius 1 is 1.29 bits per heavy atom. The third kappa shape index (κ3) is 5.05. The highest BCUT2D eigenvalue weighted by atomic mass is 16.1. The van der Waals surface area contributed by atoms with Crippen molar-refractivity contribution in [1.29, 1.82) is 0 Å². The first-order valence-corrected chi connectivity index (χ1v) is 5.26. The summed E-state index contributed by atoms with van der Waals surface area (Å²) in [4.78, 5) is 13.4. The molecule has 2 heteroatoms. The molecular weight excluding hydrogens is 174 g/mol. The molecule has 0 aromatic heterocycles. The Kier molecular flexibility index (Phi) is 5.51. The van der Waals surface area contributed by atoms with Crippen molar-refractivity contribution < 1.29 is 4.79 Å². The third-order valence-electron chi connectivity index (χ3n) is 2.22. The van der Waals surface area contributed by atoms with Crippen LogP contribution < -0.4 is 0 Å². The van der Waals surface area contributed by atoms with Crippen LogP contribution in [0.2, 0.25) is 0 Å². The molecule has 82 valence electrons. The molecule has 0 radical (unpaired) electrons. The van der Waals surface area contributed by atoms with Crippen LogP contribution in [0.25, 0.3) is 0 Å². The normalized spacial score (nSPS) is 10.8. The number of carbonyl (C=O) groups excluding carboxylic acids is 1. The van der Waals surface area contributed by atoms with Gasteiger partial charge in [0.2, 0.25) is 0 Å². The van der Waals surface area contributed by atoms with Crippen LogP contribution in [0.4, 0.5) is 0 Å². The molecule has 0 bridgehead atoms. The molecule has 0 atom stereocenters. The quantitative estimate of drug-likeness (QED) is 0.652. The summed E-state index contributed by atoms with van der Waals surface area (Å²) in [6.45, 7) is 12.6. The summed E-state index contributed by atoms with van der Waals surface area (Å²) in [5.74, 6) is 0.987. The largest absolute Gasteiger partial charge is 0.371 e. The standard InChI is InChI=1S/C12H23NO/c1-9(2)7-11(5)13(6)8-12(14)10(3)4/h9-10H,5,7-8H2,1-4,6H3. The Hall–Kier alpha value is -0.790. The van der Waals surface area contributed by atoms with Gasteiger partial charge in [0.25, 0.3) is 0 Å². The minimum absolute atomic E-state index is 0.115. The van der Waals surface area contributed by atoms with Crippen molar-refractivity contribution >= 4 is 5.78 Å². The highest BCUT2D eigenvalue weighted by Gasteiger charge is 2.12. The number of allylic oxidation sites excluding steroid dienone is 1. The first-order chi connectivity index (χ1) is 6.34. The van der Waals surface area contributed by atoms with Gasteiger partial charge in [0.15, 0.2) is 5.78 Å². The van der Waals surface area contributed by atoms with Crippen LogP contribution >= 0.6 is 0 Å². The molecule has 0 amide bonds. The molecule has 0 heterocycles. The predicted molar refractivity (Wildman–Crippen MR) is 61.1 cm³/mol. The van der Waals surface area contributed by atoms with Crippen molar-refractivity contribution in [2.45, 2.75) is 34.1 Å². The summed E-state index contributed by atoms with van der Waals surface area (Å²) in [6.07, 6.45) is 0.960. The van der Waals surface area contributed by atoms with Gasteiger partial charge in [-0.05, 0) is 12.3 Å². The second-order valence-electron chi connectivity index (χ2n) is 4.64.